The Bertz CT molecular complexity index is 1690. The van der Waals surface area contributed by atoms with Crippen LogP contribution < -0.4 is 15.3 Å². The van der Waals surface area contributed by atoms with Gasteiger partial charge >= 0.3 is 25.7 Å². The maximum Gasteiger partial charge on any atom is 0.459 e. The van der Waals surface area contributed by atoms with E-state index in [0.717, 1.165) is 0 Å². The lowest BCUT2D eigenvalue weighted by Crippen LogP contribution is -2.50. The zero-order chi connectivity index (χ0) is 36.8. The summed E-state index contributed by atoms with van der Waals surface area (Å²) in [6.45, 7) is 8.68. The number of nitrogens with two attached hydrogens (primary N) is 1. The average molecular weight is 722 g/mol. The fourth-order valence-electron chi connectivity index (χ4n) is 4.97. The van der Waals surface area contributed by atoms with E-state index in [4.69, 9.17) is 43.2 Å². The van der Waals surface area contributed by atoms with E-state index in [0.29, 0.717) is 11.2 Å². The third-order valence-corrected chi connectivity index (χ3v) is 9.43. The van der Waals surface area contributed by atoms with Gasteiger partial charge in [-0.05, 0) is 65.8 Å². The van der Waals surface area contributed by atoms with E-state index in [1.807, 2.05) is 0 Å². The first-order valence-corrected chi connectivity index (χ1v) is 17.4. The molecule has 0 aliphatic carbocycles. The molecule has 1 aliphatic heterocycles. The first-order valence-electron chi connectivity index (χ1n) is 15.8. The van der Waals surface area contributed by atoms with Gasteiger partial charge in [-0.15, -0.1) is 0 Å². The van der Waals surface area contributed by atoms with Crippen LogP contribution in [-0.4, -0.2) is 95.5 Å². The Morgan fingerprint density at radius 3 is 2.24 bits per heavy atom. The number of ether oxygens (including phenoxy) is 6. The van der Waals surface area contributed by atoms with Crippen LogP contribution in [0.15, 0.2) is 48.8 Å². The van der Waals surface area contributed by atoms with Crippen LogP contribution in [-0.2, 0) is 51.9 Å². The first kappa shape index (κ1) is 38.7. The number of para-hydroxylation sites is 1. The normalized spacial score (nSPS) is 23.5. The van der Waals surface area contributed by atoms with E-state index < -0.39 is 80.5 Å². The van der Waals surface area contributed by atoms with E-state index in [1.165, 1.54) is 52.8 Å². The number of nitrogen functional groups attached to an aromatic ring is 1. The highest BCUT2D eigenvalue weighted by Crippen LogP contribution is 2.50. The fourth-order valence-corrected chi connectivity index (χ4v) is 6.56. The SMILES string of the molecule is CO[C@@H](C)C(=O)O[C@H]1[C@H](c2ccc3c(N)ncnn23)O[C@](C)(COP(=O)(N[C@@H](C)C(=O)OC(C)C)Oc2ccccc2)[C@H]1OC(=O)[C@H](C)OC. The lowest BCUT2D eigenvalue weighted by Gasteiger charge is -2.33. The summed E-state index contributed by atoms with van der Waals surface area (Å²) in [6, 6.07) is 10.3. The van der Waals surface area contributed by atoms with Gasteiger partial charge in [0.05, 0.1) is 18.4 Å². The summed E-state index contributed by atoms with van der Waals surface area (Å²) < 4.78 is 61.7. The number of esters is 3. The molecular weight excluding hydrogens is 677 g/mol. The minimum Gasteiger partial charge on any atom is -0.462 e. The van der Waals surface area contributed by atoms with E-state index in [9.17, 15) is 18.9 Å². The van der Waals surface area contributed by atoms with Gasteiger partial charge in [-0.2, -0.15) is 10.2 Å². The predicted molar refractivity (Wildman–Crippen MR) is 177 cm³/mol. The summed E-state index contributed by atoms with van der Waals surface area (Å²) in [6.07, 6.45) is -5.14. The van der Waals surface area contributed by atoms with Crippen molar-refractivity contribution in [2.24, 2.45) is 0 Å². The van der Waals surface area contributed by atoms with Gasteiger partial charge < -0.3 is 38.7 Å². The molecule has 1 aliphatic rings. The van der Waals surface area contributed by atoms with Crippen molar-refractivity contribution < 1.29 is 56.4 Å². The molecule has 17 nitrogen and oxygen atoms in total. The molecule has 3 aromatic rings. The Morgan fingerprint density at radius 2 is 1.62 bits per heavy atom. The molecule has 2 aromatic heterocycles. The number of anilines is 1. The highest BCUT2D eigenvalue weighted by molar-refractivity contribution is 7.52. The number of rotatable bonds is 16. The Morgan fingerprint density at radius 1 is 0.980 bits per heavy atom. The third kappa shape index (κ3) is 8.96. The van der Waals surface area contributed by atoms with Crippen LogP contribution in [0.4, 0.5) is 5.82 Å². The van der Waals surface area contributed by atoms with Gasteiger partial charge in [-0.1, -0.05) is 18.2 Å². The van der Waals surface area contributed by atoms with Crippen molar-refractivity contribution >= 4 is 37.0 Å². The molecule has 1 fully saturated rings. The standard InChI is InChI=1S/C32H44N5O12P/c1-18(2)45-29(38)19(3)36-50(41,49-22-12-10-9-11-13-22)44-16-32(6)27(47-31(40)21(5)43-8)26(46-30(39)20(4)42-7)25(48-32)23-14-15-24-28(33)34-17-35-37(23)24/h9-15,17-21,25-27H,16H2,1-8H3,(H,36,41)(H2,33,34,35)/t19-,20-,21-,25-,26-,27-,32+,50?/m0/s1. The van der Waals surface area contributed by atoms with Crippen LogP contribution in [0, 0.1) is 0 Å². The van der Waals surface area contributed by atoms with E-state index in [-0.39, 0.29) is 11.6 Å². The summed E-state index contributed by atoms with van der Waals surface area (Å²) >= 11 is 0. The quantitative estimate of drug-likeness (QED) is 0.124. The lowest BCUT2D eigenvalue weighted by molar-refractivity contribution is -0.182. The fraction of sp³-hybridized carbons (Fsp3) is 0.531. The summed E-state index contributed by atoms with van der Waals surface area (Å²) in [5, 5.41) is 6.91. The summed E-state index contributed by atoms with van der Waals surface area (Å²) in [5.41, 5.74) is 5.17. The molecule has 1 aromatic carbocycles. The van der Waals surface area contributed by atoms with Crippen LogP contribution in [0.25, 0.3) is 5.52 Å². The van der Waals surface area contributed by atoms with Gasteiger partial charge in [-0.3, -0.25) is 9.32 Å². The third-order valence-electron chi connectivity index (χ3n) is 7.81. The predicted octanol–water partition coefficient (Wildman–Crippen LogP) is 3.17. The highest BCUT2D eigenvalue weighted by Gasteiger charge is 2.59. The van der Waals surface area contributed by atoms with Crippen molar-refractivity contribution in [3.05, 3.63) is 54.5 Å². The number of carbonyl (C=O) groups is 3. The number of nitrogens with one attached hydrogen (secondary N) is 1. The van der Waals surface area contributed by atoms with Gasteiger partial charge in [0.2, 0.25) is 0 Å². The minimum absolute atomic E-state index is 0.164. The van der Waals surface area contributed by atoms with Crippen molar-refractivity contribution in [3.63, 3.8) is 0 Å². The zero-order valence-corrected chi connectivity index (χ0v) is 30.0. The molecule has 4 rings (SSSR count). The number of fused-ring (bicyclic) bond motifs is 1. The van der Waals surface area contributed by atoms with Crippen molar-refractivity contribution in [1.29, 1.82) is 0 Å². The smallest absolute Gasteiger partial charge is 0.459 e. The lowest BCUT2D eigenvalue weighted by atomic mass is 9.96. The Labute approximate surface area is 289 Å². The average Bonchev–Trinajstić information content (AvgIpc) is 3.62. The number of aromatic nitrogens is 3. The van der Waals surface area contributed by atoms with Gasteiger partial charge in [0.1, 0.15) is 35.3 Å². The highest BCUT2D eigenvalue weighted by atomic mass is 31.2. The second-order valence-corrected chi connectivity index (χ2v) is 13.8. The summed E-state index contributed by atoms with van der Waals surface area (Å²) in [5.74, 6) is -1.97. The molecule has 0 spiro atoms. The number of hydrogen-bond donors (Lipinski definition) is 2. The molecule has 8 atom stereocenters. The molecule has 0 radical (unpaired) electrons. The van der Waals surface area contributed by atoms with Gasteiger partial charge in [0.25, 0.3) is 0 Å². The van der Waals surface area contributed by atoms with Crippen LogP contribution >= 0.6 is 7.75 Å². The molecule has 3 N–H and O–H groups in total. The van der Waals surface area contributed by atoms with Crippen LogP contribution in [0.2, 0.25) is 0 Å². The number of benzene rings is 1. The molecule has 0 amide bonds. The number of hydrogen-bond acceptors (Lipinski definition) is 15. The minimum atomic E-state index is -4.43. The number of methoxy groups -OCH3 is 2. The molecule has 1 unspecified atom stereocenters. The van der Waals surface area contributed by atoms with Crippen molar-refractivity contribution in [1.82, 2.24) is 19.7 Å². The molecule has 0 bridgehead atoms. The first-order chi connectivity index (χ1) is 23.6. The van der Waals surface area contributed by atoms with Gasteiger partial charge in [0.15, 0.2) is 30.2 Å². The second kappa shape index (κ2) is 16.3. The van der Waals surface area contributed by atoms with Crippen molar-refractivity contribution in [3.8, 4) is 5.75 Å². The molecule has 3 heterocycles. The van der Waals surface area contributed by atoms with Crippen molar-refractivity contribution in [2.45, 2.75) is 89.8 Å². The van der Waals surface area contributed by atoms with Crippen LogP contribution in [0.3, 0.4) is 0 Å². The molecule has 0 saturated carbocycles. The molecule has 274 valence electrons. The van der Waals surface area contributed by atoms with E-state index >= 15 is 0 Å². The maximum absolute atomic E-state index is 14.4. The topological polar surface area (TPSA) is 210 Å². The van der Waals surface area contributed by atoms with E-state index in [2.05, 4.69) is 15.2 Å². The molecule has 1 saturated heterocycles. The largest absolute Gasteiger partial charge is 0.462 e. The Balaban J connectivity index is 1.77. The summed E-state index contributed by atoms with van der Waals surface area (Å²) in [7, 11) is -1.78. The molecular formula is C32H44N5O12P. The maximum atomic E-state index is 14.4. The van der Waals surface area contributed by atoms with Gasteiger partial charge in [0, 0.05) is 14.2 Å². The molecule has 50 heavy (non-hydrogen) atoms. The Kier molecular flexibility index (Phi) is 12.6. The number of carbonyl (C=O) groups excluding carboxylic acids is 3. The second-order valence-electron chi connectivity index (χ2n) is 12.1. The van der Waals surface area contributed by atoms with Crippen molar-refractivity contribution in [2.75, 3.05) is 26.6 Å². The zero-order valence-electron chi connectivity index (χ0n) is 29.1. The van der Waals surface area contributed by atoms with E-state index in [1.54, 1.807) is 56.3 Å². The Hall–Kier alpha value is -4.12. The molecule has 18 heteroatoms. The monoisotopic (exact) mass is 721 g/mol. The van der Waals surface area contributed by atoms with Crippen LogP contribution in [0.1, 0.15) is 53.3 Å². The van der Waals surface area contributed by atoms with Gasteiger partial charge in [-0.25, -0.2) is 23.7 Å². The van der Waals surface area contributed by atoms with Crippen LogP contribution in [0.5, 0.6) is 5.75 Å². The summed E-state index contributed by atoms with van der Waals surface area (Å²) in [4.78, 5) is 43.2. The number of nitrogens with zero attached hydrogens (tertiary/aromatic N) is 3.